The van der Waals surface area contributed by atoms with Crippen molar-refractivity contribution in [2.45, 2.75) is 44.9 Å². The molecule has 7 nitrogen and oxygen atoms in total. The van der Waals surface area contributed by atoms with Crippen LogP contribution in [0.15, 0.2) is 42.5 Å². The number of carbonyl (C=O) groups is 1. The summed E-state index contributed by atoms with van der Waals surface area (Å²) in [6.07, 6.45) is 2.89. The van der Waals surface area contributed by atoms with Gasteiger partial charge < -0.3 is 9.84 Å². The second-order valence-corrected chi connectivity index (χ2v) is 11.0. The third-order valence-electron chi connectivity index (χ3n) is 6.48. The second-order valence-electron chi connectivity index (χ2n) is 9.01. The zero-order valence-corrected chi connectivity index (χ0v) is 19.9. The molecule has 1 atom stereocenters. The van der Waals surface area contributed by atoms with Crippen LogP contribution in [0.2, 0.25) is 0 Å². The molecule has 1 N–H and O–H groups in total. The normalized spacial score (nSPS) is 17.8. The maximum Gasteiger partial charge on any atom is 0.211 e. The van der Waals surface area contributed by atoms with Crippen LogP contribution in [0.3, 0.4) is 0 Å². The summed E-state index contributed by atoms with van der Waals surface area (Å²) in [5.74, 6) is 0.589. The Hall–Kier alpha value is -2.26. The Morgan fingerprint density at radius 3 is 2.58 bits per heavy atom. The lowest BCUT2D eigenvalue weighted by atomic mass is 9.99. The number of Topliss-reactive ketones (excluding diaryl/α,β-unsaturated/α-hetero) is 1. The van der Waals surface area contributed by atoms with Crippen LogP contribution in [0.1, 0.15) is 35.1 Å². The van der Waals surface area contributed by atoms with Crippen LogP contribution < -0.4 is 4.74 Å². The highest BCUT2D eigenvalue weighted by molar-refractivity contribution is 7.88. The Kier molecular flexibility index (Phi) is 7.48. The smallest absolute Gasteiger partial charge is 0.211 e. The Labute approximate surface area is 196 Å². The van der Waals surface area contributed by atoms with Crippen LogP contribution >= 0.6 is 0 Å². The summed E-state index contributed by atoms with van der Waals surface area (Å²) in [7, 11) is -3.24. The predicted molar refractivity (Wildman–Crippen MR) is 127 cm³/mol. The number of aliphatic hydroxyl groups excluding tert-OH is 1. The molecule has 2 aliphatic rings. The molecule has 2 aliphatic heterocycles. The van der Waals surface area contributed by atoms with E-state index in [1.165, 1.54) is 21.7 Å². The molecule has 0 spiro atoms. The summed E-state index contributed by atoms with van der Waals surface area (Å²) in [5, 5.41) is 10.4. The lowest BCUT2D eigenvalue weighted by molar-refractivity contribution is -0.121. The van der Waals surface area contributed by atoms with Gasteiger partial charge >= 0.3 is 0 Å². The van der Waals surface area contributed by atoms with Crippen molar-refractivity contribution < 1.29 is 23.1 Å². The van der Waals surface area contributed by atoms with Crippen LogP contribution in [-0.2, 0) is 40.7 Å². The van der Waals surface area contributed by atoms with Gasteiger partial charge in [-0.05, 0) is 47.6 Å². The van der Waals surface area contributed by atoms with Gasteiger partial charge in [0.15, 0.2) is 5.78 Å². The zero-order chi connectivity index (χ0) is 23.4. The van der Waals surface area contributed by atoms with Crippen LogP contribution in [0.5, 0.6) is 5.75 Å². The number of ether oxygens (including phenoxy) is 1. The van der Waals surface area contributed by atoms with Crippen LogP contribution in [-0.4, -0.2) is 67.1 Å². The molecule has 0 saturated carbocycles. The van der Waals surface area contributed by atoms with E-state index in [1.807, 2.05) is 24.3 Å². The fourth-order valence-electron chi connectivity index (χ4n) is 4.62. The van der Waals surface area contributed by atoms with E-state index in [9.17, 15) is 18.3 Å². The van der Waals surface area contributed by atoms with Gasteiger partial charge in [-0.15, -0.1) is 0 Å². The molecule has 0 bridgehead atoms. The fourth-order valence-corrected chi connectivity index (χ4v) is 5.42. The van der Waals surface area contributed by atoms with E-state index >= 15 is 0 Å². The van der Waals surface area contributed by atoms with E-state index in [-0.39, 0.29) is 18.8 Å². The first-order valence-electron chi connectivity index (χ1n) is 11.5. The molecule has 0 fully saturated rings. The highest BCUT2D eigenvalue weighted by atomic mass is 32.2. The van der Waals surface area contributed by atoms with Crippen molar-refractivity contribution >= 4 is 15.8 Å². The Morgan fingerprint density at radius 1 is 1.03 bits per heavy atom. The maximum atomic E-state index is 12.4. The van der Waals surface area contributed by atoms with Gasteiger partial charge in [-0.25, -0.2) is 8.42 Å². The molecule has 0 aliphatic carbocycles. The lowest BCUT2D eigenvalue weighted by Crippen LogP contribution is -2.36. The van der Waals surface area contributed by atoms with Gasteiger partial charge in [0.2, 0.25) is 10.0 Å². The molecule has 178 valence electrons. The number of sulfonamides is 1. The molecule has 0 aromatic heterocycles. The standard InChI is InChI=1S/C25H32N2O5S/c1-33(30,31)27-14-12-24-21(16-27)7-4-8-25(24)32-18-23(29)10-9-22(28)17-26-13-11-19-5-2-3-6-20(19)15-26/h2-8,22,28H,9-18H2,1H3. The first-order chi connectivity index (χ1) is 15.8. The van der Waals surface area contributed by atoms with Gasteiger partial charge in [-0.2, -0.15) is 4.31 Å². The van der Waals surface area contributed by atoms with E-state index in [2.05, 4.69) is 23.1 Å². The van der Waals surface area contributed by atoms with E-state index in [0.717, 1.165) is 30.6 Å². The van der Waals surface area contributed by atoms with E-state index in [4.69, 9.17) is 4.74 Å². The van der Waals surface area contributed by atoms with Crippen LogP contribution in [0, 0.1) is 0 Å². The van der Waals surface area contributed by atoms with Crippen molar-refractivity contribution in [2.24, 2.45) is 0 Å². The largest absolute Gasteiger partial charge is 0.486 e. The summed E-state index contributed by atoms with van der Waals surface area (Å²) in [5.41, 5.74) is 4.57. The molecule has 0 amide bonds. The predicted octanol–water partition coefficient (Wildman–Crippen LogP) is 2.15. The summed E-state index contributed by atoms with van der Waals surface area (Å²) in [6.45, 7) is 3.00. The number of rotatable bonds is 9. The number of benzene rings is 2. The molecule has 2 aromatic carbocycles. The molecule has 0 saturated heterocycles. The van der Waals surface area contributed by atoms with Gasteiger partial charge in [0.1, 0.15) is 12.4 Å². The number of hydrogen-bond donors (Lipinski definition) is 1. The molecule has 4 rings (SSSR count). The van der Waals surface area contributed by atoms with Crippen molar-refractivity contribution in [3.63, 3.8) is 0 Å². The Balaban J connectivity index is 1.23. The molecule has 2 heterocycles. The quantitative estimate of drug-likeness (QED) is 0.602. The SMILES string of the molecule is CS(=O)(=O)N1CCc2c(cccc2OCC(=O)CCC(O)CN2CCc3ccccc3C2)C1. The van der Waals surface area contributed by atoms with Crippen molar-refractivity contribution in [1.29, 1.82) is 0 Å². The molecule has 1 unspecified atom stereocenters. The zero-order valence-electron chi connectivity index (χ0n) is 19.1. The van der Waals surface area contributed by atoms with Gasteiger partial charge in [0.25, 0.3) is 0 Å². The van der Waals surface area contributed by atoms with Gasteiger partial charge in [-0.3, -0.25) is 9.69 Å². The Bertz CT molecular complexity index is 1100. The first kappa shape index (κ1) is 23.9. The Morgan fingerprint density at radius 2 is 1.79 bits per heavy atom. The number of nitrogens with zero attached hydrogens (tertiary/aromatic N) is 2. The number of hydrogen-bond acceptors (Lipinski definition) is 6. The lowest BCUT2D eigenvalue weighted by Gasteiger charge is -2.30. The minimum atomic E-state index is -3.24. The highest BCUT2D eigenvalue weighted by Gasteiger charge is 2.25. The van der Waals surface area contributed by atoms with Crippen molar-refractivity contribution in [3.05, 3.63) is 64.7 Å². The fraction of sp³-hybridized carbons (Fsp3) is 0.480. The molecular weight excluding hydrogens is 440 g/mol. The van der Waals surface area contributed by atoms with Crippen molar-refractivity contribution in [2.75, 3.05) is 32.5 Å². The summed E-state index contributed by atoms with van der Waals surface area (Å²) in [6, 6.07) is 13.9. The third kappa shape index (κ3) is 6.20. The van der Waals surface area contributed by atoms with E-state index < -0.39 is 16.1 Å². The van der Waals surface area contributed by atoms with Gasteiger partial charge in [0, 0.05) is 39.1 Å². The number of aliphatic hydroxyl groups is 1. The van der Waals surface area contributed by atoms with Gasteiger partial charge in [0.05, 0.1) is 12.4 Å². The monoisotopic (exact) mass is 472 g/mol. The minimum Gasteiger partial charge on any atom is -0.486 e. The summed E-state index contributed by atoms with van der Waals surface area (Å²) in [4.78, 5) is 14.6. The van der Waals surface area contributed by atoms with Crippen molar-refractivity contribution in [1.82, 2.24) is 9.21 Å². The number of ketones is 1. The molecule has 33 heavy (non-hydrogen) atoms. The second kappa shape index (κ2) is 10.3. The molecule has 8 heteroatoms. The third-order valence-corrected chi connectivity index (χ3v) is 7.73. The summed E-state index contributed by atoms with van der Waals surface area (Å²) >= 11 is 0. The topological polar surface area (TPSA) is 87.1 Å². The van der Waals surface area contributed by atoms with Gasteiger partial charge in [-0.1, -0.05) is 36.4 Å². The van der Waals surface area contributed by atoms with E-state index in [0.29, 0.717) is 38.2 Å². The van der Waals surface area contributed by atoms with Crippen LogP contribution in [0.25, 0.3) is 0 Å². The summed E-state index contributed by atoms with van der Waals surface area (Å²) < 4.78 is 30.9. The average Bonchev–Trinajstić information content (AvgIpc) is 2.80. The minimum absolute atomic E-state index is 0.0456. The average molecular weight is 473 g/mol. The van der Waals surface area contributed by atoms with E-state index in [1.54, 1.807) is 0 Å². The van der Waals surface area contributed by atoms with Crippen LogP contribution in [0.4, 0.5) is 0 Å². The first-order valence-corrected chi connectivity index (χ1v) is 13.3. The molecule has 2 aromatic rings. The number of fused-ring (bicyclic) bond motifs is 2. The highest BCUT2D eigenvalue weighted by Crippen LogP contribution is 2.29. The molecule has 0 radical (unpaired) electrons. The van der Waals surface area contributed by atoms with Crippen molar-refractivity contribution in [3.8, 4) is 5.75 Å². The number of carbonyl (C=O) groups excluding carboxylic acids is 1. The maximum absolute atomic E-state index is 12.4. The molecular formula is C25H32N2O5S. The number of β-amino-alcohol motifs (C(OH)–C–C–N with tert-alkyl or cyclic N) is 1.